The van der Waals surface area contributed by atoms with Crippen LogP contribution in [0.2, 0.25) is 0 Å². The number of carbonyl (C=O) groups is 1. The van der Waals surface area contributed by atoms with Gasteiger partial charge in [-0.25, -0.2) is 9.67 Å². The molecule has 3 aromatic rings. The largest absolute Gasteiger partial charge is 0.381 e. The number of rotatable bonds is 7. The second-order valence-electron chi connectivity index (χ2n) is 8.03. The van der Waals surface area contributed by atoms with E-state index in [-0.39, 0.29) is 17.8 Å². The number of amides is 1. The number of carbonyl (C=O) groups excluding carboxylic acids is 1. The van der Waals surface area contributed by atoms with E-state index in [4.69, 9.17) is 9.47 Å². The summed E-state index contributed by atoms with van der Waals surface area (Å²) in [6.45, 7) is 5.27. The Labute approximate surface area is 191 Å². The highest BCUT2D eigenvalue weighted by Crippen LogP contribution is 2.26. The predicted octanol–water partition coefficient (Wildman–Crippen LogP) is 2.46. The molecule has 2 unspecified atom stereocenters. The van der Waals surface area contributed by atoms with Crippen molar-refractivity contribution in [3.05, 3.63) is 53.7 Å². The zero-order chi connectivity index (χ0) is 21.8. The van der Waals surface area contributed by atoms with Gasteiger partial charge in [0.2, 0.25) is 5.82 Å². The minimum Gasteiger partial charge on any atom is -0.381 e. The molecular weight excluding hydrogens is 426 g/mol. The Hall–Kier alpha value is -2.59. The summed E-state index contributed by atoms with van der Waals surface area (Å²) in [6.07, 6.45) is 1.02. The molecule has 2 saturated heterocycles. The molecule has 2 aliphatic heterocycles. The van der Waals surface area contributed by atoms with Crippen LogP contribution in [0.15, 0.2) is 47.8 Å². The zero-order valence-corrected chi connectivity index (χ0v) is 18.7. The highest BCUT2D eigenvalue weighted by Gasteiger charge is 2.32. The molecule has 168 valence electrons. The lowest BCUT2D eigenvalue weighted by Gasteiger charge is -2.37. The van der Waals surface area contributed by atoms with Crippen molar-refractivity contribution in [1.29, 1.82) is 0 Å². The van der Waals surface area contributed by atoms with E-state index in [0.717, 1.165) is 56.5 Å². The fourth-order valence-corrected chi connectivity index (χ4v) is 5.06. The maximum Gasteiger partial charge on any atom is 0.291 e. The van der Waals surface area contributed by atoms with Gasteiger partial charge in [-0.1, -0.05) is 24.3 Å². The van der Waals surface area contributed by atoms with Gasteiger partial charge in [-0.3, -0.25) is 9.69 Å². The van der Waals surface area contributed by atoms with Crippen LogP contribution in [0.25, 0.3) is 16.4 Å². The van der Waals surface area contributed by atoms with Crippen molar-refractivity contribution in [2.24, 2.45) is 5.92 Å². The van der Waals surface area contributed by atoms with Crippen molar-refractivity contribution in [2.75, 3.05) is 46.1 Å². The molecule has 32 heavy (non-hydrogen) atoms. The lowest BCUT2D eigenvalue weighted by atomic mass is 9.97. The van der Waals surface area contributed by atoms with Crippen molar-refractivity contribution in [1.82, 2.24) is 25.0 Å². The van der Waals surface area contributed by atoms with E-state index in [0.29, 0.717) is 18.3 Å². The highest BCUT2D eigenvalue weighted by molar-refractivity contribution is 7.13. The molecule has 1 aromatic carbocycles. The van der Waals surface area contributed by atoms with Crippen molar-refractivity contribution in [2.45, 2.75) is 12.5 Å². The van der Waals surface area contributed by atoms with E-state index >= 15 is 0 Å². The van der Waals surface area contributed by atoms with Gasteiger partial charge < -0.3 is 14.8 Å². The van der Waals surface area contributed by atoms with Gasteiger partial charge in [-0.15, -0.1) is 16.4 Å². The van der Waals surface area contributed by atoms with Crippen LogP contribution in [0.3, 0.4) is 0 Å². The summed E-state index contributed by atoms with van der Waals surface area (Å²) in [6, 6.07) is 14.0. The average Bonchev–Trinajstić information content (AvgIpc) is 3.62. The molecule has 8 nitrogen and oxygen atoms in total. The molecule has 0 saturated carbocycles. The smallest absolute Gasteiger partial charge is 0.291 e. The number of nitrogens with zero attached hydrogens (tertiary/aromatic N) is 4. The summed E-state index contributed by atoms with van der Waals surface area (Å²) in [5.74, 6) is 1.01. The van der Waals surface area contributed by atoms with E-state index in [9.17, 15) is 4.79 Å². The van der Waals surface area contributed by atoms with Gasteiger partial charge in [0.25, 0.3) is 5.91 Å². The molecule has 2 fully saturated rings. The van der Waals surface area contributed by atoms with Crippen molar-refractivity contribution >= 4 is 17.2 Å². The van der Waals surface area contributed by atoms with Crippen LogP contribution in [0, 0.1) is 5.92 Å². The number of benzene rings is 1. The number of aromatic nitrogens is 3. The fraction of sp³-hybridized carbons (Fsp3) is 0.435. The third-order valence-corrected chi connectivity index (χ3v) is 6.91. The molecule has 1 amide bonds. The van der Waals surface area contributed by atoms with Crippen LogP contribution in [0.1, 0.15) is 17.0 Å². The van der Waals surface area contributed by atoms with Crippen LogP contribution < -0.4 is 5.32 Å². The Balaban J connectivity index is 1.35. The maximum absolute atomic E-state index is 13.1. The van der Waals surface area contributed by atoms with Gasteiger partial charge in [0.15, 0.2) is 5.82 Å². The number of hydrogen-bond acceptors (Lipinski definition) is 7. The quantitative estimate of drug-likeness (QED) is 0.592. The van der Waals surface area contributed by atoms with Gasteiger partial charge >= 0.3 is 0 Å². The summed E-state index contributed by atoms with van der Waals surface area (Å²) >= 11 is 1.58. The number of ether oxygens (including phenoxy) is 2. The number of morpholine rings is 1. The van der Waals surface area contributed by atoms with E-state index in [1.54, 1.807) is 16.0 Å². The minimum atomic E-state index is -0.255. The summed E-state index contributed by atoms with van der Waals surface area (Å²) < 4.78 is 12.9. The van der Waals surface area contributed by atoms with Gasteiger partial charge in [-0.2, -0.15) is 0 Å². The second-order valence-corrected chi connectivity index (χ2v) is 8.98. The Morgan fingerprint density at radius 2 is 1.97 bits per heavy atom. The van der Waals surface area contributed by atoms with Crippen molar-refractivity contribution in [3.8, 4) is 16.4 Å². The molecule has 2 aromatic heterocycles. The van der Waals surface area contributed by atoms with E-state index in [1.165, 1.54) is 0 Å². The van der Waals surface area contributed by atoms with Crippen LogP contribution in [0.5, 0.6) is 0 Å². The first-order valence-corrected chi connectivity index (χ1v) is 11.9. The fourth-order valence-electron chi connectivity index (χ4n) is 4.36. The molecule has 2 aliphatic rings. The Bertz CT molecular complexity index is 1010. The molecule has 9 heteroatoms. The Morgan fingerprint density at radius 1 is 1.12 bits per heavy atom. The van der Waals surface area contributed by atoms with Crippen LogP contribution >= 0.6 is 11.3 Å². The SMILES string of the molecule is O=C(NCC(C1CCOC1)N1CCOCC1)c1nc(-c2cccs2)n(-c2ccccc2)n1. The molecule has 0 bridgehead atoms. The molecule has 1 N–H and O–H groups in total. The van der Waals surface area contributed by atoms with Gasteiger partial charge in [0.05, 0.1) is 30.4 Å². The van der Waals surface area contributed by atoms with Gasteiger partial charge in [0, 0.05) is 38.2 Å². The second kappa shape index (κ2) is 9.91. The molecule has 0 aliphatic carbocycles. The molecule has 5 rings (SSSR count). The highest BCUT2D eigenvalue weighted by atomic mass is 32.1. The normalized spacial score (nSPS) is 20.3. The number of nitrogens with one attached hydrogen (secondary N) is 1. The molecule has 2 atom stereocenters. The molecular formula is C23H27N5O3S. The van der Waals surface area contributed by atoms with Crippen LogP contribution in [-0.2, 0) is 9.47 Å². The summed E-state index contributed by atoms with van der Waals surface area (Å²) in [5.41, 5.74) is 0.872. The van der Waals surface area contributed by atoms with E-state index in [1.807, 2.05) is 47.8 Å². The van der Waals surface area contributed by atoms with Crippen LogP contribution in [0.4, 0.5) is 0 Å². The first-order valence-electron chi connectivity index (χ1n) is 11.0. The van der Waals surface area contributed by atoms with Crippen molar-refractivity contribution in [3.63, 3.8) is 0 Å². The van der Waals surface area contributed by atoms with Crippen molar-refractivity contribution < 1.29 is 14.3 Å². The lowest BCUT2D eigenvalue weighted by Crippen LogP contribution is -2.52. The average molecular weight is 454 g/mol. The lowest BCUT2D eigenvalue weighted by molar-refractivity contribution is 0.00164. The zero-order valence-electron chi connectivity index (χ0n) is 17.9. The number of thiophene rings is 1. The Kier molecular flexibility index (Phi) is 6.59. The number of para-hydroxylation sites is 1. The third-order valence-electron chi connectivity index (χ3n) is 6.05. The topological polar surface area (TPSA) is 81.5 Å². The number of hydrogen-bond donors (Lipinski definition) is 1. The first kappa shape index (κ1) is 21.3. The maximum atomic E-state index is 13.1. The van der Waals surface area contributed by atoms with Gasteiger partial charge in [0.1, 0.15) is 0 Å². The predicted molar refractivity (Wildman–Crippen MR) is 122 cm³/mol. The van der Waals surface area contributed by atoms with E-state index in [2.05, 4.69) is 20.3 Å². The molecule has 0 radical (unpaired) electrons. The Morgan fingerprint density at radius 3 is 2.69 bits per heavy atom. The summed E-state index contributed by atoms with van der Waals surface area (Å²) in [7, 11) is 0. The molecule has 0 spiro atoms. The summed E-state index contributed by atoms with van der Waals surface area (Å²) in [5, 5.41) is 9.66. The van der Waals surface area contributed by atoms with Gasteiger partial charge in [-0.05, 0) is 30.0 Å². The van der Waals surface area contributed by atoms with Crippen LogP contribution in [-0.4, -0.2) is 77.7 Å². The monoisotopic (exact) mass is 453 g/mol. The van der Waals surface area contributed by atoms with E-state index < -0.39 is 0 Å². The first-order chi connectivity index (χ1) is 15.8. The third kappa shape index (κ3) is 4.61. The molecule has 4 heterocycles. The summed E-state index contributed by atoms with van der Waals surface area (Å²) in [4.78, 5) is 21.1. The standard InChI is InChI=1S/C23H27N5O3S/c29-23(24-15-19(17-8-11-31-16-17)27-9-12-30-13-10-27)21-25-22(20-7-4-14-32-20)28(26-21)18-5-2-1-3-6-18/h1-7,14,17,19H,8-13,15-16H2,(H,24,29). The minimum absolute atomic E-state index is 0.181.